The summed E-state index contributed by atoms with van der Waals surface area (Å²) in [5.41, 5.74) is 1.46. The number of aliphatic hydroxyl groups excluding tert-OH is 1. The van der Waals surface area contributed by atoms with Crippen LogP contribution < -0.4 is 5.32 Å². The van der Waals surface area contributed by atoms with E-state index in [4.69, 9.17) is 0 Å². The van der Waals surface area contributed by atoms with Crippen LogP contribution in [0.25, 0.3) is 0 Å². The average molecular weight is 304 g/mol. The molecule has 0 spiro atoms. The zero-order valence-corrected chi connectivity index (χ0v) is 13.9. The highest BCUT2D eigenvalue weighted by Gasteiger charge is 2.44. The summed E-state index contributed by atoms with van der Waals surface area (Å²) in [6.45, 7) is 7.41. The normalized spacial score (nSPS) is 17.5. The lowest BCUT2D eigenvalue weighted by Gasteiger charge is -2.27. The molecular formula is C18H28N2O2. The number of amides is 1. The molecule has 22 heavy (non-hydrogen) atoms. The Morgan fingerprint density at radius 1 is 1.27 bits per heavy atom. The van der Waals surface area contributed by atoms with Crippen LogP contribution in [-0.2, 0) is 10.2 Å². The largest absolute Gasteiger partial charge is 0.392 e. The van der Waals surface area contributed by atoms with Crippen molar-refractivity contribution >= 4 is 5.91 Å². The molecule has 0 bridgehead atoms. The second kappa shape index (κ2) is 7.25. The summed E-state index contributed by atoms with van der Waals surface area (Å²) in [5, 5.41) is 12.6. The first-order valence-electron chi connectivity index (χ1n) is 8.17. The molecule has 1 aliphatic rings. The highest BCUT2D eigenvalue weighted by molar-refractivity contribution is 5.78. The molecule has 1 amide bonds. The van der Waals surface area contributed by atoms with Crippen molar-refractivity contribution in [1.82, 2.24) is 10.2 Å². The fourth-order valence-corrected chi connectivity index (χ4v) is 2.82. The number of nitrogens with zero attached hydrogens (tertiary/aromatic N) is 1. The molecule has 0 heterocycles. The van der Waals surface area contributed by atoms with Crippen molar-refractivity contribution < 1.29 is 9.90 Å². The Kier molecular flexibility index (Phi) is 5.59. The van der Waals surface area contributed by atoms with Gasteiger partial charge in [0.1, 0.15) is 0 Å². The number of benzene rings is 1. The summed E-state index contributed by atoms with van der Waals surface area (Å²) in [6.07, 6.45) is 1.85. The van der Waals surface area contributed by atoms with E-state index >= 15 is 0 Å². The second-order valence-corrected chi connectivity index (χ2v) is 6.80. The Bertz CT molecular complexity index is 481. The van der Waals surface area contributed by atoms with Gasteiger partial charge in [-0.05, 0) is 39.2 Å². The Morgan fingerprint density at radius 3 is 2.41 bits per heavy atom. The van der Waals surface area contributed by atoms with Gasteiger partial charge in [0.05, 0.1) is 12.6 Å². The number of nitrogens with one attached hydrogen (secondary N) is 1. The number of carbonyl (C=O) groups excluding carboxylic acids is 1. The molecule has 2 rings (SSSR count). The maximum Gasteiger partial charge on any atom is 0.234 e. The lowest BCUT2D eigenvalue weighted by Crippen LogP contribution is -2.45. The minimum Gasteiger partial charge on any atom is -0.392 e. The molecule has 2 N–H and O–H groups in total. The SMILES string of the molecule is CC(O)CN(CC(=O)NCC1(c2ccccc2)CC1)C(C)C. The van der Waals surface area contributed by atoms with Gasteiger partial charge in [-0.2, -0.15) is 0 Å². The maximum absolute atomic E-state index is 12.2. The second-order valence-electron chi connectivity index (χ2n) is 6.80. The smallest absolute Gasteiger partial charge is 0.234 e. The third-order valence-electron chi connectivity index (χ3n) is 4.44. The number of hydrogen-bond acceptors (Lipinski definition) is 3. The van der Waals surface area contributed by atoms with E-state index in [1.54, 1.807) is 6.92 Å². The third kappa shape index (κ3) is 4.55. The van der Waals surface area contributed by atoms with E-state index in [9.17, 15) is 9.90 Å². The van der Waals surface area contributed by atoms with E-state index in [2.05, 4.69) is 29.6 Å². The molecule has 4 nitrogen and oxygen atoms in total. The van der Waals surface area contributed by atoms with E-state index in [1.165, 1.54) is 5.56 Å². The van der Waals surface area contributed by atoms with Gasteiger partial charge in [0.15, 0.2) is 0 Å². The highest BCUT2D eigenvalue weighted by atomic mass is 16.3. The molecule has 1 saturated carbocycles. The topological polar surface area (TPSA) is 52.6 Å². The Hall–Kier alpha value is -1.39. The molecule has 1 aliphatic carbocycles. The molecule has 0 radical (unpaired) electrons. The first-order valence-corrected chi connectivity index (χ1v) is 8.17. The van der Waals surface area contributed by atoms with Crippen molar-refractivity contribution in [2.24, 2.45) is 0 Å². The predicted molar refractivity (Wildman–Crippen MR) is 88.8 cm³/mol. The van der Waals surface area contributed by atoms with Crippen LogP contribution in [0.5, 0.6) is 0 Å². The number of rotatable bonds is 8. The number of aliphatic hydroxyl groups is 1. The summed E-state index contributed by atoms with van der Waals surface area (Å²) in [6, 6.07) is 10.7. The van der Waals surface area contributed by atoms with Crippen LogP contribution in [0.2, 0.25) is 0 Å². The maximum atomic E-state index is 12.2. The van der Waals surface area contributed by atoms with E-state index < -0.39 is 6.10 Å². The minimum atomic E-state index is -0.422. The molecule has 4 heteroatoms. The van der Waals surface area contributed by atoms with E-state index in [0.29, 0.717) is 19.6 Å². The lowest BCUT2D eigenvalue weighted by atomic mass is 9.96. The summed E-state index contributed by atoms with van der Waals surface area (Å²) < 4.78 is 0. The monoisotopic (exact) mass is 304 g/mol. The zero-order valence-electron chi connectivity index (χ0n) is 13.9. The molecule has 0 aliphatic heterocycles. The van der Waals surface area contributed by atoms with Gasteiger partial charge in [0, 0.05) is 24.5 Å². The van der Waals surface area contributed by atoms with Crippen LogP contribution in [0, 0.1) is 0 Å². The van der Waals surface area contributed by atoms with Crippen molar-refractivity contribution in [2.45, 2.75) is 51.2 Å². The first-order chi connectivity index (χ1) is 10.4. The van der Waals surface area contributed by atoms with Crippen molar-refractivity contribution in [3.63, 3.8) is 0 Å². The molecular weight excluding hydrogens is 276 g/mol. The van der Waals surface area contributed by atoms with Gasteiger partial charge in [-0.3, -0.25) is 9.69 Å². The van der Waals surface area contributed by atoms with E-state index in [-0.39, 0.29) is 17.4 Å². The fourth-order valence-electron chi connectivity index (χ4n) is 2.82. The summed E-state index contributed by atoms with van der Waals surface area (Å²) in [5.74, 6) is 0.0385. The fraction of sp³-hybridized carbons (Fsp3) is 0.611. The van der Waals surface area contributed by atoms with Gasteiger partial charge in [-0.15, -0.1) is 0 Å². The van der Waals surface area contributed by atoms with Crippen LogP contribution in [-0.4, -0.2) is 47.7 Å². The zero-order chi connectivity index (χ0) is 16.2. The molecule has 1 fully saturated rings. The molecule has 1 aromatic carbocycles. The summed E-state index contributed by atoms with van der Waals surface area (Å²) >= 11 is 0. The van der Waals surface area contributed by atoms with Gasteiger partial charge in [0.25, 0.3) is 0 Å². The standard InChI is InChI=1S/C18H28N2O2/c1-14(2)20(11-15(3)21)12-17(22)19-13-18(9-10-18)16-7-5-4-6-8-16/h4-8,14-15,21H,9-13H2,1-3H3,(H,19,22). The quantitative estimate of drug-likeness (QED) is 0.771. The van der Waals surface area contributed by atoms with Gasteiger partial charge in [-0.1, -0.05) is 30.3 Å². The first kappa shape index (κ1) is 17.0. The average Bonchev–Trinajstić information content (AvgIpc) is 3.26. The van der Waals surface area contributed by atoms with Crippen LogP contribution in [0.4, 0.5) is 0 Å². The van der Waals surface area contributed by atoms with Crippen LogP contribution in [0.3, 0.4) is 0 Å². The van der Waals surface area contributed by atoms with Crippen molar-refractivity contribution in [2.75, 3.05) is 19.6 Å². The highest BCUT2D eigenvalue weighted by Crippen LogP contribution is 2.47. The Labute approximate surface area is 133 Å². The number of hydrogen-bond donors (Lipinski definition) is 2. The van der Waals surface area contributed by atoms with Crippen molar-refractivity contribution in [1.29, 1.82) is 0 Å². The third-order valence-corrected chi connectivity index (χ3v) is 4.44. The summed E-state index contributed by atoms with van der Waals surface area (Å²) in [7, 11) is 0. The predicted octanol–water partition coefficient (Wildman–Crippen LogP) is 1.93. The minimum absolute atomic E-state index is 0.0385. The van der Waals surface area contributed by atoms with Crippen molar-refractivity contribution in [3.8, 4) is 0 Å². The summed E-state index contributed by atoms with van der Waals surface area (Å²) in [4.78, 5) is 14.2. The van der Waals surface area contributed by atoms with Crippen molar-refractivity contribution in [3.05, 3.63) is 35.9 Å². The van der Waals surface area contributed by atoms with E-state index in [0.717, 1.165) is 12.8 Å². The van der Waals surface area contributed by atoms with E-state index in [1.807, 2.05) is 24.8 Å². The van der Waals surface area contributed by atoms with Gasteiger partial charge >= 0.3 is 0 Å². The lowest BCUT2D eigenvalue weighted by molar-refractivity contribution is -0.123. The molecule has 1 unspecified atom stereocenters. The van der Waals surface area contributed by atoms with Crippen LogP contribution >= 0.6 is 0 Å². The molecule has 0 saturated heterocycles. The number of carbonyl (C=O) groups is 1. The van der Waals surface area contributed by atoms with Gasteiger partial charge in [0.2, 0.25) is 5.91 Å². The Morgan fingerprint density at radius 2 is 1.91 bits per heavy atom. The Balaban J connectivity index is 1.85. The molecule has 122 valence electrons. The van der Waals surface area contributed by atoms with Crippen LogP contribution in [0.15, 0.2) is 30.3 Å². The molecule has 0 aromatic heterocycles. The molecule has 1 aromatic rings. The molecule has 1 atom stereocenters. The van der Waals surface area contributed by atoms with Gasteiger partial charge < -0.3 is 10.4 Å². The van der Waals surface area contributed by atoms with Gasteiger partial charge in [-0.25, -0.2) is 0 Å². The van der Waals surface area contributed by atoms with Crippen LogP contribution in [0.1, 0.15) is 39.2 Å².